The molecule has 0 aromatic heterocycles. The van der Waals surface area contributed by atoms with Crippen molar-refractivity contribution < 1.29 is 33.9 Å². The Bertz CT molecular complexity index is 663. The molecule has 8 atom stereocenters. The molecule has 2 bridgehead atoms. The van der Waals surface area contributed by atoms with Crippen LogP contribution in [-0.2, 0) is 24.0 Å². The van der Waals surface area contributed by atoms with Crippen LogP contribution in [-0.4, -0.2) is 58.8 Å². The molecule has 6 aliphatic rings. The molecule has 1 N–H and O–H groups in total. The van der Waals surface area contributed by atoms with Crippen molar-refractivity contribution in [1.82, 2.24) is 4.90 Å². The van der Waals surface area contributed by atoms with Crippen LogP contribution in [0.5, 0.6) is 0 Å². The summed E-state index contributed by atoms with van der Waals surface area (Å²) < 4.78 is 18.2. The molecule has 8 nitrogen and oxygen atoms in total. The zero-order chi connectivity index (χ0) is 19.9. The lowest BCUT2D eigenvalue weighted by molar-refractivity contribution is -0.576. The van der Waals surface area contributed by atoms with Gasteiger partial charge in [-0.1, -0.05) is 13.8 Å². The molecule has 5 saturated heterocycles. The fraction of sp³-hybridized carbons (Fsp3) is 0.950. The third-order valence-corrected chi connectivity index (χ3v) is 7.64. The fourth-order valence-corrected chi connectivity index (χ4v) is 6.09. The third kappa shape index (κ3) is 2.65. The Morgan fingerprint density at radius 2 is 1.86 bits per heavy atom. The van der Waals surface area contributed by atoms with Crippen molar-refractivity contribution in [3.05, 3.63) is 0 Å². The first-order valence-electron chi connectivity index (χ1n) is 10.5. The number of likely N-dealkylation sites (tertiary alicyclic amines) is 1. The monoisotopic (exact) mass is 397 g/mol. The predicted molar refractivity (Wildman–Crippen MR) is 95.5 cm³/mol. The zero-order valence-corrected chi connectivity index (χ0v) is 17.1. The van der Waals surface area contributed by atoms with E-state index in [2.05, 4.69) is 13.8 Å². The van der Waals surface area contributed by atoms with E-state index in [9.17, 15) is 9.90 Å². The van der Waals surface area contributed by atoms with Crippen LogP contribution in [0.1, 0.15) is 53.4 Å². The molecule has 1 aliphatic carbocycles. The molecule has 0 aromatic carbocycles. The molecule has 5 heterocycles. The Kier molecular flexibility index (Phi) is 4.11. The van der Waals surface area contributed by atoms with Crippen LogP contribution in [0.4, 0.5) is 4.79 Å². The summed E-state index contributed by atoms with van der Waals surface area (Å²) in [5, 5.41) is 9.89. The SMILES string of the molecule is C[C@H]1[C@@H](OC(=O)N2CC(C)(O)C2)O[C@@H]2O[C@@]3(C)CC[C@H]4[C@H](C)CC[C@@H]1[C@@]24OO3. The van der Waals surface area contributed by atoms with E-state index in [4.69, 9.17) is 24.0 Å². The van der Waals surface area contributed by atoms with Gasteiger partial charge < -0.3 is 24.2 Å². The number of fused-ring (bicyclic) bond motifs is 2. The number of β-amino-alcohol motifs (C(OH)–C–C–N with tert-alkyl or cyclic N) is 1. The first-order chi connectivity index (χ1) is 13.1. The standard InChI is InChI=1S/C20H31NO7/c1-11-5-6-14-12(2)15(25-17(22)21-9-18(3,23)10-21)24-16-20(14)13(11)7-8-19(4,26-16)27-28-20/h11-16,23H,5-10H2,1-4H3/t11-,12-,13+,14+,15-,16-,19-,20-/m1/s1. The van der Waals surface area contributed by atoms with Crippen LogP contribution < -0.4 is 0 Å². The average Bonchev–Trinajstić information content (AvgIpc) is 2.83. The maximum Gasteiger partial charge on any atom is 0.412 e. The number of ether oxygens (including phenoxy) is 3. The summed E-state index contributed by atoms with van der Waals surface area (Å²) in [5.74, 6) is -0.00291. The van der Waals surface area contributed by atoms with Gasteiger partial charge in [0.2, 0.25) is 12.1 Å². The number of amides is 1. The second-order valence-electron chi connectivity index (χ2n) is 10.0. The lowest BCUT2D eigenvalue weighted by Crippen LogP contribution is -2.71. The normalized spacial score (nSPS) is 51.7. The summed E-state index contributed by atoms with van der Waals surface area (Å²) in [6.07, 6.45) is 1.98. The molecule has 0 unspecified atom stereocenters. The van der Waals surface area contributed by atoms with E-state index in [1.54, 1.807) is 6.92 Å². The van der Waals surface area contributed by atoms with Gasteiger partial charge in [-0.3, -0.25) is 0 Å². The summed E-state index contributed by atoms with van der Waals surface area (Å²) in [7, 11) is 0. The lowest BCUT2D eigenvalue weighted by atomic mass is 9.58. The lowest BCUT2D eigenvalue weighted by Gasteiger charge is -2.60. The van der Waals surface area contributed by atoms with Crippen LogP contribution >= 0.6 is 0 Å². The van der Waals surface area contributed by atoms with Gasteiger partial charge >= 0.3 is 6.09 Å². The topological polar surface area (TPSA) is 86.7 Å². The highest BCUT2D eigenvalue weighted by molar-refractivity contribution is 5.69. The minimum Gasteiger partial charge on any atom is -0.419 e. The molecule has 0 radical (unpaired) electrons. The molecule has 6 fully saturated rings. The summed E-state index contributed by atoms with van der Waals surface area (Å²) >= 11 is 0. The number of hydrogen-bond donors (Lipinski definition) is 1. The van der Waals surface area contributed by atoms with E-state index < -0.39 is 35.7 Å². The summed E-state index contributed by atoms with van der Waals surface area (Å²) in [4.78, 5) is 25.9. The molecule has 1 saturated carbocycles. The van der Waals surface area contributed by atoms with Gasteiger partial charge in [0.15, 0.2) is 11.9 Å². The summed E-state index contributed by atoms with van der Waals surface area (Å²) in [6.45, 7) is 8.45. The fourth-order valence-electron chi connectivity index (χ4n) is 6.09. The number of rotatable bonds is 1. The highest BCUT2D eigenvalue weighted by atomic mass is 17.3. The van der Waals surface area contributed by atoms with Gasteiger partial charge in [-0.2, -0.15) is 0 Å². The van der Waals surface area contributed by atoms with Gasteiger partial charge in [0, 0.05) is 18.3 Å². The Morgan fingerprint density at radius 1 is 1.11 bits per heavy atom. The molecule has 0 aromatic rings. The van der Waals surface area contributed by atoms with Gasteiger partial charge in [-0.15, -0.1) is 0 Å². The molecule has 8 heteroatoms. The molecule has 1 amide bonds. The molecule has 5 aliphatic heterocycles. The van der Waals surface area contributed by atoms with Gasteiger partial charge in [0.05, 0.1) is 18.7 Å². The van der Waals surface area contributed by atoms with Gasteiger partial charge in [-0.05, 0) is 44.9 Å². The Morgan fingerprint density at radius 3 is 2.57 bits per heavy atom. The second kappa shape index (κ2) is 6.04. The Balaban J connectivity index is 1.40. The Hall–Kier alpha value is -0.930. The quantitative estimate of drug-likeness (QED) is 0.680. The van der Waals surface area contributed by atoms with Crippen molar-refractivity contribution >= 4 is 6.09 Å². The van der Waals surface area contributed by atoms with Crippen molar-refractivity contribution in [1.29, 1.82) is 0 Å². The predicted octanol–water partition coefficient (Wildman–Crippen LogP) is 2.40. The first kappa shape index (κ1) is 19.1. The van der Waals surface area contributed by atoms with Crippen molar-refractivity contribution in [2.75, 3.05) is 13.1 Å². The molecule has 6 rings (SSSR count). The van der Waals surface area contributed by atoms with Crippen LogP contribution in [0.3, 0.4) is 0 Å². The maximum atomic E-state index is 12.5. The molecule has 28 heavy (non-hydrogen) atoms. The minimum atomic E-state index is -0.844. The number of carbonyl (C=O) groups excluding carboxylic acids is 1. The van der Waals surface area contributed by atoms with Crippen molar-refractivity contribution in [3.63, 3.8) is 0 Å². The van der Waals surface area contributed by atoms with E-state index in [1.165, 1.54) is 4.90 Å². The average molecular weight is 397 g/mol. The smallest absolute Gasteiger partial charge is 0.412 e. The number of carbonyl (C=O) groups is 1. The van der Waals surface area contributed by atoms with Crippen LogP contribution in [0.2, 0.25) is 0 Å². The molecular formula is C20H31NO7. The van der Waals surface area contributed by atoms with Crippen molar-refractivity contribution in [3.8, 4) is 0 Å². The van der Waals surface area contributed by atoms with E-state index in [-0.39, 0.29) is 30.8 Å². The summed E-state index contributed by atoms with van der Waals surface area (Å²) in [6, 6.07) is 0. The third-order valence-electron chi connectivity index (χ3n) is 7.64. The van der Waals surface area contributed by atoms with Gasteiger partial charge in [0.25, 0.3) is 0 Å². The molecular weight excluding hydrogens is 366 g/mol. The van der Waals surface area contributed by atoms with Crippen LogP contribution in [0.25, 0.3) is 0 Å². The number of hydrogen-bond acceptors (Lipinski definition) is 7. The van der Waals surface area contributed by atoms with Crippen molar-refractivity contribution in [2.45, 2.75) is 82.9 Å². The van der Waals surface area contributed by atoms with Gasteiger partial charge in [0.1, 0.15) is 0 Å². The van der Waals surface area contributed by atoms with Crippen LogP contribution in [0.15, 0.2) is 0 Å². The minimum absolute atomic E-state index is 0.0494. The van der Waals surface area contributed by atoms with E-state index in [0.717, 1.165) is 25.7 Å². The summed E-state index contributed by atoms with van der Waals surface area (Å²) in [5.41, 5.74) is -1.49. The maximum absolute atomic E-state index is 12.5. The highest BCUT2D eigenvalue weighted by Gasteiger charge is 2.70. The zero-order valence-electron chi connectivity index (χ0n) is 17.1. The Labute approximate surface area is 165 Å². The van der Waals surface area contributed by atoms with E-state index in [0.29, 0.717) is 5.92 Å². The molecule has 1 spiro atoms. The van der Waals surface area contributed by atoms with Crippen LogP contribution in [0, 0.1) is 23.7 Å². The molecule has 158 valence electrons. The first-order valence-corrected chi connectivity index (χ1v) is 10.5. The number of aliphatic hydroxyl groups is 1. The number of nitrogens with zero attached hydrogens (tertiary/aromatic N) is 1. The second-order valence-corrected chi connectivity index (χ2v) is 10.0. The largest absolute Gasteiger partial charge is 0.419 e. The van der Waals surface area contributed by atoms with E-state index >= 15 is 0 Å². The van der Waals surface area contributed by atoms with Gasteiger partial charge in [-0.25, -0.2) is 14.6 Å². The van der Waals surface area contributed by atoms with Crippen molar-refractivity contribution in [2.24, 2.45) is 23.7 Å². The van der Waals surface area contributed by atoms with E-state index in [1.807, 2.05) is 6.92 Å². The highest BCUT2D eigenvalue weighted by Crippen LogP contribution is 2.60.